The zero-order valence-corrected chi connectivity index (χ0v) is 13.0. The number of aromatic nitrogens is 2. The largest absolute Gasteiger partial charge is 0.464 e. The van der Waals surface area contributed by atoms with Crippen LogP contribution < -0.4 is 5.32 Å². The molecule has 0 unspecified atom stereocenters. The van der Waals surface area contributed by atoms with E-state index in [4.69, 9.17) is 4.42 Å². The third kappa shape index (κ3) is 2.74. The maximum absolute atomic E-state index is 12.1. The molecule has 1 aromatic carbocycles. The summed E-state index contributed by atoms with van der Waals surface area (Å²) in [4.78, 5) is 16.3. The smallest absolute Gasteiger partial charge is 0.224 e. The first kappa shape index (κ1) is 14.4. The summed E-state index contributed by atoms with van der Waals surface area (Å²) in [5.74, 6) is 0.794. The number of imidazole rings is 1. The van der Waals surface area contributed by atoms with Crippen molar-refractivity contribution in [1.82, 2.24) is 14.9 Å². The number of rotatable bonds is 4. The molecule has 3 aromatic rings. The van der Waals surface area contributed by atoms with Gasteiger partial charge in [-0.15, -0.1) is 0 Å². The predicted molar refractivity (Wildman–Crippen MR) is 84.4 cm³/mol. The Balaban J connectivity index is 1.73. The van der Waals surface area contributed by atoms with Crippen molar-refractivity contribution < 1.29 is 9.21 Å². The maximum atomic E-state index is 12.1. The van der Waals surface area contributed by atoms with E-state index in [1.54, 1.807) is 12.5 Å². The number of nitrogens with one attached hydrogen (secondary N) is 1. The van der Waals surface area contributed by atoms with Crippen LogP contribution in [0.4, 0.5) is 0 Å². The Labute approximate surface area is 129 Å². The molecule has 3 rings (SSSR count). The molecule has 2 heterocycles. The number of amides is 1. The molecule has 0 aliphatic heterocycles. The summed E-state index contributed by atoms with van der Waals surface area (Å²) in [6.45, 7) is 4.50. The van der Waals surface area contributed by atoms with Crippen LogP contribution in [0.3, 0.4) is 0 Å². The highest BCUT2D eigenvalue weighted by molar-refractivity contribution is 5.90. The maximum Gasteiger partial charge on any atom is 0.224 e. The first-order valence-electron chi connectivity index (χ1n) is 7.25. The van der Waals surface area contributed by atoms with Crippen molar-refractivity contribution in [3.8, 4) is 0 Å². The lowest BCUT2D eigenvalue weighted by Gasteiger charge is -2.05. The van der Waals surface area contributed by atoms with Gasteiger partial charge in [0.05, 0.1) is 19.2 Å². The summed E-state index contributed by atoms with van der Waals surface area (Å²) in [6.07, 6.45) is 5.56. The summed E-state index contributed by atoms with van der Waals surface area (Å²) >= 11 is 0. The topological polar surface area (TPSA) is 60.1 Å². The zero-order chi connectivity index (χ0) is 15.7. The van der Waals surface area contributed by atoms with Gasteiger partial charge in [0.1, 0.15) is 11.4 Å². The van der Waals surface area contributed by atoms with E-state index in [1.165, 1.54) is 0 Å². The number of carbonyl (C=O) groups excluding carboxylic acids is 1. The predicted octanol–water partition coefficient (Wildman–Crippen LogP) is 2.64. The van der Waals surface area contributed by atoms with Crippen LogP contribution in [0.1, 0.15) is 22.5 Å². The number of carbonyl (C=O) groups is 1. The van der Waals surface area contributed by atoms with Gasteiger partial charge in [-0.3, -0.25) is 4.79 Å². The lowest BCUT2D eigenvalue weighted by molar-refractivity contribution is -0.120. The molecule has 1 amide bonds. The van der Waals surface area contributed by atoms with E-state index in [1.807, 2.05) is 37.7 Å². The summed E-state index contributed by atoms with van der Waals surface area (Å²) in [5, 5.41) is 3.94. The van der Waals surface area contributed by atoms with Crippen LogP contribution in [0.5, 0.6) is 0 Å². The third-order valence-electron chi connectivity index (χ3n) is 3.81. The molecule has 0 aliphatic carbocycles. The van der Waals surface area contributed by atoms with Crippen molar-refractivity contribution in [2.45, 2.75) is 26.8 Å². The van der Waals surface area contributed by atoms with Crippen LogP contribution in [0.15, 0.2) is 35.2 Å². The highest BCUT2D eigenvalue weighted by Gasteiger charge is 2.13. The van der Waals surface area contributed by atoms with E-state index in [0.29, 0.717) is 13.0 Å². The van der Waals surface area contributed by atoms with Crippen molar-refractivity contribution in [2.75, 3.05) is 0 Å². The van der Waals surface area contributed by atoms with E-state index < -0.39 is 0 Å². The van der Waals surface area contributed by atoms with E-state index in [0.717, 1.165) is 33.5 Å². The second-order valence-corrected chi connectivity index (χ2v) is 5.62. The molecule has 2 aromatic heterocycles. The Bertz CT molecular complexity index is 830. The average Bonchev–Trinajstić information content (AvgIpc) is 3.03. The molecular weight excluding hydrogens is 278 g/mol. The van der Waals surface area contributed by atoms with Gasteiger partial charge in [-0.1, -0.05) is 6.07 Å². The summed E-state index contributed by atoms with van der Waals surface area (Å²) in [7, 11) is 1.91. The lowest BCUT2D eigenvalue weighted by atomic mass is 10.0. The second-order valence-electron chi connectivity index (χ2n) is 5.62. The van der Waals surface area contributed by atoms with Crippen molar-refractivity contribution >= 4 is 16.9 Å². The van der Waals surface area contributed by atoms with E-state index in [2.05, 4.69) is 16.4 Å². The standard InChI is InChI=1S/C17H19N3O2/c1-11-6-12(2)17-13(10-22-14(17)7-11)8-16(21)19-9-15-18-4-5-20(15)3/h4-7,10H,8-9H2,1-3H3,(H,19,21). The van der Waals surface area contributed by atoms with Gasteiger partial charge in [-0.25, -0.2) is 4.98 Å². The molecule has 5 heteroatoms. The number of fused-ring (bicyclic) bond motifs is 1. The fourth-order valence-corrected chi connectivity index (χ4v) is 2.74. The van der Waals surface area contributed by atoms with Crippen LogP contribution in [0.2, 0.25) is 0 Å². The van der Waals surface area contributed by atoms with Crippen molar-refractivity contribution in [3.05, 3.63) is 53.3 Å². The van der Waals surface area contributed by atoms with Gasteiger partial charge in [0.25, 0.3) is 0 Å². The van der Waals surface area contributed by atoms with Gasteiger partial charge < -0.3 is 14.3 Å². The SMILES string of the molecule is Cc1cc(C)c2c(CC(=O)NCc3nccn3C)coc2c1. The fourth-order valence-electron chi connectivity index (χ4n) is 2.74. The van der Waals surface area contributed by atoms with Crippen LogP contribution in [-0.4, -0.2) is 15.5 Å². The molecule has 22 heavy (non-hydrogen) atoms. The monoisotopic (exact) mass is 297 g/mol. The molecule has 0 fully saturated rings. The number of furan rings is 1. The molecule has 114 valence electrons. The number of aryl methyl sites for hydroxylation is 3. The summed E-state index contributed by atoms with van der Waals surface area (Å²) in [6, 6.07) is 4.10. The van der Waals surface area contributed by atoms with Crippen LogP contribution >= 0.6 is 0 Å². The van der Waals surface area contributed by atoms with Crippen molar-refractivity contribution in [1.29, 1.82) is 0 Å². The number of nitrogens with zero attached hydrogens (tertiary/aromatic N) is 2. The highest BCUT2D eigenvalue weighted by Crippen LogP contribution is 2.26. The number of benzene rings is 1. The van der Waals surface area contributed by atoms with Crippen LogP contribution in [0, 0.1) is 13.8 Å². The summed E-state index contributed by atoms with van der Waals surface area (Å²) in [5.41, 5.74) is 4.05. The number of hydrogen-bond acceptors (Lipinski definition) is 3. The molecular formula is C17H19N3O2. The normalized spacial score (nSPS) is 11.0. The van der Waals surface area contributed by atoms with Gasteiger partial charge in [-0.2, -0.15) is 0 Å². The second kappa shape index (κ2) is 5.67. The molecule has 0 atom stereocenters. The Morgan fingerprint density at radius 1 is 1.36 bits per heavy atom. The van der Waals surface area contributed by atoms with E-state index >= 15 is 0 Å². The minimum Gasteiger partial charge on any atom is -0.464 e. The van der Waals surface area contributed by atoms with E-state index in [9.17, 15) is 4.79 Å². The lowest BCUT2D eigenvalue weighted by Crippen LogP contribution is -2.25. The quantitative estimate of drug-likeness (QED) is 0.805. The van der Waals surface area contributed by atoms with Gasteiger partial charge in [0, 0.05) is 30.4 Å². The summed E-state index contributed by atoms with van der Waals surface area (Å²) < 4.78 is 7.47. The minimum atomic E-state index is -0.0364. The molecule has 0 saturated carbocycles. The number of hydrogen-bond donors (Lipinski definition) is 1. The fraction of sp³-hybridized carbons (Fsp3) is 0.294. The molecule has 0 aliphatic rings. The highest BCUT2D eigenvalue weighted by atomic mass is 16.3. The van der Waals surface area contributed by atoms with Gasteiger partial charge in [-0.05, 0) is 31.0 Å². The van der Waals surface area contributed by atoms with Crippen molar-refractivity contribution in [3.63, 3.8) is 0 Å². The van der Waals surface area contributed by atoms with E-state index in [-0.39, 0.29) is 5.91 Å². The van der Waals surface area contributed by atoms with Gasteiger partial charge >= 0.3 is 0 Å². The first-order chi connectivity index (χ1) is 10.5. The molecule has 0 radical (unpaired) electrons. The van der Waals surface area contributed by atoms with Gasteiger partial charge in [0.15, 0.2) is 0 Å². The third-order valence-corrected chi connectivity index (χ3v) is 3.81. The molecule has 0 spiro atoms. The Morgan fingerprint density at radius 2 is 2.18 bits per heavy atom. The Morgan fingerprint density at radius 3 is 2.91 bits per heavy atom. The molecule has 0 saturated heterocycles. The molecule has 5 nitrogen and oxygen atoms in total. The van der Waals surface area contributed by atoms with Crippen LogP contribution in [-0.2, 0) is 24.8 Å². The van der Waals surface area contributed by atoms with Gasteiger partial charge in [0.2, 0.25) is 5.91 Å². The molecule has 0 bridgehead atoms. The average molecular weight is 297 g/mol. The Kier molecular flexibility index (Phi) is 3.71. The Hall–Kier alpha value is -2.56. The van der Waals surface area contributed by atoms with Crippen LogP contribution in [0.25, 0.3) is 11.0 Å². The first-order valence-corrected chi connectivity index (χ1v) is 7.25. The minimum absolute atomic E-state index is 0.0364. The van der Waals surface area contributed by atoms with Crippen molar-refractivity contribution in [2.24, 2.45) is 7.05 Å². The zero-order valence-electron chi connectivity index (χ0n) is 13.0. The molecule has 1 N–H and O–H groups in total.